The highest BCUT2D eigenvalue weighted by Gasteiger charge is 2.66. The highest BCUT2D eigenvalue weighted by Crippen LogP contribution is 2.43. The number of nitrogens with one attached hydrogen (secondary N) is 1. The van der Waals surface area contributed by atoms with Gasteiger partial charge in [-0.3, -0.25) is 9.69 Å². The largest absolute Gasteiger partial charge is 0.506 e. The number of likely N-dealkylation sites (N-methyl/N-ethyl adjacent to an activating group) is 1. The van der Waals surface area contributed by atoms with Crippen molar-refractivity contribution in [1.29, 1.82) is 5.26 Å². The topological polar surface area (TPSA) is 210 Å². The second kappa shape index (κ2) is 6.79. The number of hydrogen-bond acceptors (Lipinski definition) is 11. The van der Waals surface area contributed by atoms with Crippen LogP contribution in [-0.4, -0.2) is 87.4 Å². The summed E-state index contributed by atoms with van der Waals surface area (Å²) >= 11 is 0. The molecule has 1 saturated heterocycles. The third kappa shape index (κ3) is 2.85. The number of piperidine rings is 1. The van der Waals surface area contributed by atoms with Gasteiger partial charge in [0.2, 0.25) is 11.7 Å². The summed E-state index contributed by atoms with van der Waals surface area (Å²) in [7, 11) is 1.39. The van der Waals surface area contributed by atoms with Crippen molar-refractivity contribution in [3.05, 3.63) is 12.5 Å². The molecule has 13 heteroatoms. The van der Waals surface area contributed by atoms with Crippen LogP contribution in [0.3, 0.4) is 0 Å². The van der Waals surface area contributed by atoms with Crippen molar-refractivity contribution in [1.82, 2.24) is 19.9 Å². The van der Waals surface area contributed by atoms with Gasteiger partial charge in [-0.25, -0.2) is 9.97 Å². The molecule has 3 rings (SSSR count). The van der Waals surface area contributed by atoms with Crippen LogP contribution < -0.4 is 4.90 Å². The predicted octanol–water partition coefficient (Wildman–Crippen LogP) is -2.50. The van der Waals surface area contributed by atoms with E-state index in [0.717, 1.165) is 6.33 Å². The lowest BCUT2D eigenvalue weighted by Gasteiger charge is -2.56. The number of rotatable bonds is 3. The Hall–Kier alpha value is -3.02. The highest BCUT2D eigenvalue weighted by molar-refractivity contribution is 5.93. The molecule has 29 heavy (non-hydrogen) atoms. The van der Waals surface area contributed by atoms with Crippen molar-refractivity contribution in [2.24, 2.45) is 5.92 Å². The number of aromatic nitrogens is 3. The Balaban J connectivity index is 2.13. The van der Waals surface area contributed by atoms with Gasteiger partial charge in [0.05, 0.1) is 12.1 Å². The zero-order valence-electron chi connectivity index (χ0n) is 15.4. The molecule has 2 aromatic heterocycles. The zero-order chi connectivity index (χ0) is 21.7. The van der Waals surface area contributed by atoms with Crippen LogP contribution >= 0.6 is 0 Å². The maximum Gasteiger partial charge on any atom is 0.308 e. The quantitative estimate of drug-likeness (QED) is 0.264. The fourth-order valence-electron chi connectivity index (χ4n) is 3.66. The minimum absolute atomic E-state index is 0.0345. The fraction of sp³-hybridized carbons (Fsp3) is 0.500. The first-order valence-electron chi connectivity index (χ1n) is 8.47. The van der Waals surface area contributed by atoms with Gasteiger partial charge in [-0.05, 0) is 0 Å². The summed E-state index contributed by atoms with van der Waals surface area (Å²) in [6.07, 6.45) is -0.410. The molecule has 0 aliphatic carbocycles. The van der Waals surface area contributed by atoms with E-state index in [9.17, 15) is 35.4 Å². The van der Waals surface area contributed by atoms with E-state index >= 15 is 0 Å². The van der Waals surface area contributed by atoms with Gasteiger partial charge >= 0.3 is 5.91 Å². The standard InChI is InChI=1S/C16H20N6O7/c1-7-11(21(2)13-10-8(23)5-18-12(10)19-6-20-13)14(25)22(9(24)3-4-17)16(28,29)15(7,26)27/h5-7,11,14,23,25-29H,3H2,1-2H3,(H,18,19,20). The van der Waals surface area contributed by atoms with Gasteiger partial charge in [0.15, 0.2) is 6.23 Å². The number of carbonyl (C=O) groups is 1. The van der Waals surface area contributed by atoms with Crippen molar-refractivity contribution < 1.29 is 35.4 Å². The van der Waals surface area contributed by atoms with Gasteiger partial charge in [-0.1, -0.05) is 6.92 Å². The SMILES string of the molecule is CC1C(N(C)c2ncnc3[nH]cc(O)c23)C(O)N(C(=O)CC#N)C(O)(O)C1(O)O. The molecule has 156 valence electrons. The third-order valence-corrected chi connectivity index (χ3v) is 5.26. The molecule has 0 saturated carbocycles. The molecule has 3 unspecified atom stereocenters. The van der Waals surface area contributed by atoms with Gasteiger partial charge in [0.1, 0.15) is 35.3 Å². The molecule has 2 aromatic rings. The first-order valence-corrected chi connectivity index (χ1v) is 8.47. The molecule has 3 heterocycles. The van der Waals surface area contributed by atoms with Crippen molar-refractivity contribution in [2.45, 2.75) is 37.3 Å². The number of aliphatic hydroxyl groups excluding tert-OH is 1. The summed E-state index contributed by atoms with van der Waals surface area (Å²) < 4.78 is 0. The van der Waals surface area contributed by atoms with Gasteiger partial charge in [-0.2, -0.15) is 5.26 Å². The van der Waals surface area contributed by atoms with Crippen LogP contribution in [0.2, 0.25) is 0 Å². The van der Waals surface area contributed by atoms with Gasteiger partial charge in [0.25, 0.3) is 0 Å². The first kappa shape index (κ1) is 20.7. The summed E-state index contributed by atoms with van der Waals surface area (Å²) in [5.41, 5.74) is 0.257. The molecular formula is C16H20N6O7. The summed E-state index contributed by atoms with van der Waals surface area (Å²) in [6.45, 7) is 1.22. The maximum atomic E-state index is 12.3. The molecule has 1 amide bonds. The number of nitrogens with zero attached hydrogens (tertiary/aromatic N) is 5. The number of carbonyl (C=O) groups excluding carboxylic acids is 1. The lowest BCUT2D eigenvalue weighted by atomic mass is 9.82. The van der Waals surface area contributed by atoms with Crippen molar-refractivity contribution in [2.75, 3.05) is 11.9 Å². The molecule has 13 nitrogen and oxygen atoms in total. The summed E-state index contributed by atoms with van der Waals surface area (Å²) in [5, 5.41) is 71.1. The second-order valence-corrected chi connectivity index (χ2v) is 6.86. The number of aromatic amines is 1. The Bertz CT molecular complexity index is 984. The van der Waals surface area contributed by atoms with E-state index < -0.39 is 42.2 Å². The second-order valence-electron chi connectivity index (χ2n) is 6.86. The number of H-pyrrole nitrogens is 1. The summed E-state index contributed by atoms with van der Waals surface area (Å²) in [5.74, 6) is -9.70. The number of amides is 1. The van der Waals surface area contributed by atoms with Crippen LogP contribution in [0.5, 0.6) is 5.75 Å². The van der Waals surface area contributed by atoms with E-state index in [1.807, 2.05) is 0 Å². The maximum absolute atomic E-state index is 12.3. The van der Waals surface area contributed by atoms with E-state index in [1.165, 1.54) is 31.1 Å². The number of likely N-dealkylation sites (tertiary alicyclic amines) is 1. The van der Waals surface area contributed by atoms with Crippen LogP contribution in [0.15, 0.2) is 12.5 Å². The van der Waals surface area contributed by atoms with Crippen LogP contribution in [0.1, 0.15) is 13.3 Å². The highest BCUT2D eigenvalue weighted by atomic mass is 16.6. The van der Waals surface area contributed by atoms with E-state index in [-0.39, 0.29) is 27.5 Å². The minimum atomic E-state index is -3.58. The van der Waals surface area contributed by atoms with E-state index in [1.54, 1.807) is 0 Å². The Morgan fingerprint density at radius 1 is 1.38 bits per heavy atom. The predicted molar refractivity (Wildman–Crippen MR) is 94.3 cm³/mol. The van der Waals surface area contributed by atoms with Gasteiger partial charge in [-0.15, -0.1) is 0 Å². The first-order chi connectivity index (χ1) is 13.5. The van der Waals surface area contributed by atoms with E-state index in [4.69, 9.17) is 5.26 Å². The number of hydrogen-bond donors (Lipinski definition) is 7. The smallest absolute Gasteiger partial charge is 0.308 e. The van der Waals surface area contributed by atoms with Gasteiger partial charge in [0, 0.05) is 19.2 Å². The van der Waals surface area contributed by atoms with Crippen molar-refractivity contribution in [3.63, 3.8) is 0 Å². The number of aliphatic hydroxyl groups is 5. The Kier molecular flexibility index (Phi) is 4.85. The van der Waals surface area contributed by atoms with Crippen LogP contribution in [0.4, 0.5) is 5.82 Å². The van der Waals surface area contributed by atoms with Crippen LogP contribution in [0, 0.1) is 17.2 Å². The molecule has 1 fully saturated rings. The number of anilines is 1. The Morgan fingerprint density at radius 2 is 2.03 bits per heavy atom. The van der Waals surface area contributed by atoms with Crippen molar-refractivity contribution in [3.8, 4) is 11.8 Å². The zero-order valence-corrected chi connectivity index (χ0v) is 15.4. The summed E-state index contributed by atoms with van der Waals surface area (Å²) in [6, 6.07) is 0.166. The van der Waals surface area contributed by atoms with Crippen LogP contribution in [0.25, 0.3) is 11.0 Å². The Morgan fingerprint density at radius 3 is 2.66 bits per heavy atom. The number of nitriles is 1. The molecule has 7 N–H and O–H groups in total. The van der Waals surface area contributed by atoms with Crippen LogP contribution in [-0.2, 0) is 4.79 Å². The monoisotopic (exact) mass is 408 g/mol. The molecule has 0 bridgehead atoms. The lowest BCUT2D eigenvalue weighted by Crippen LogP contribution is -2.80. The molecule has 1 aliphatic rings. The average molecular weight is 408 g/mol. The molecule has 0 aromatic carbocycles. The van der Waals surface area contributed by atoms with Crippen molar-refractivity contribution >= 4 is 22.8 Å². The normalized spacial score (nSPS) is 25.6. The minimum Gasteiger partial charge on any atom is -0.506 e. The number of aromatic hydroxyl groups is 1. The Labute approximate surface area is 163 Å². The fourth-order valence-corrected chi connectivity index (χ4v) is 3.66. The number of fused-ring (bicyclic) bond motifs is 1. The molecule has 3 atom stereocenters. The lowest BCUT2D eigenvalue weighted by molar-refractivity contribution is -0.452. The summed E-state index contributed by atoms with van der Waals surface area (Å²) in [4.78, 5) is 24.3. The molecule has 0 spiro atoms. The molecule has 1 aliphatic heterocycles. The average Bonchev–Trinajstić information content (AvgIpc) is 3.02. The van der Waals surface area contributed by atoms with Gasteiger partial charge < -0.3 is 40.5 Å². The third-order valence-electron chi connectivity index (χ3n) is 5.26. The molecular weight excluding hydrogens is 388 g/mol. The molecule has 0 radical (unpaired) electrons. The van der Waals surface area contributed by atoms with E-state index in [0.29, 0.717) is 0 Å². The van der Waals surface area contributed by atoms with E-state index in [2.05, 4.69) is 15.0 Å².